The minimum atomic E-state index is 0.00981. The van der Waals surface area contributed by atoms with Crippen LogP contribution in [0.25, 0.3) is 11.0 Å². The van der Waals surface area contributed by atoms with E-state index in [4.69, 9.17) is 0 Å². The molecule has 17 heavy (non-hydrogen) atoms. The van der Waals surface area contributed by atoms with Gasteiger partial charge in [0.25, 0.3) is 5.56 Å². The van der Waals surface area contributed by atoms with Crippen LogP contribution in [0.15, 0.2) is 35.3 Å². The lowest BCUT2D eigenvalue weighted by atomic mass is 10.1. The van der Waals surface area contributed by atoms with Crippen molar-refractivity contribution in [3.8, 4) is 0 Å². The Morgan fingerprint density at radius 1 is 1.24 bits per heavy atom. The largest absolute Gasteiger partial charge is 0.317 e. The van der Waals surface area contributed by atoms with Crippen molar-refractivity contribution >= 4 is 11.0 Å². The lowest BCUT2D eigenvalue weighted by molar-refractivity contribution is 0.368. The fourth-order valence-corrected chi connectivity index (χ4v) is 2.52. The topological polar surface area (TPSA) is 46.9 Å². The van der Waals surface area contributed by atoms with E-state index in [-0.39, 0.29) is 5.56 Å². The Hall–Kier alpha value is -1.68. The van der Waals surface area contributed by atoms with Crippen molar-refractivity contribution < 1.29 is 0 Å². The zero-order valence-corrected chi connectivity index (χ0v) is 9.60. The van der Waals surface area contributed by atoms with Crippen LogP contribution in [0, 0.1) is 0 Å². The summed E-state index contributed by atoms with van der Waals surface area (Å²) in [5.41, 5.74) is 1.85. The summed E-state index contributed by atoms with van der Waals surface area (Å²) < 4.78 is 1.91. The maximum Gasteiger partial charge on any atom is 0.269 e. The van der Waals surface area contributed by atoms with E-state index in [2.05, 4.69) is 10.3 Å². The van der Waals surface area contributed by atoms with E-state index in [9.17, 15) is 4.79 Å². The van der Waals surface area contributed by atoms with Gasteiger partial charge in [0.05, 0.1) is 17.2 Å². The minimum absolute atomic E-state index is 0.00981. The van der Waals surface area contributed by atoms with Gasteiger partial charge in [0.15, 0.2) is 0 Å². The van der Waals surface area contributed by atoms with Gasteiger partial charge in [0, 0.05) is 6.04 Å². The van der Waals surface area contributed by atoms with Crippen LogP contribution in [-0.2, 0) is 0 Å². The molecule has 0 bridgehead atoms. The van der Waals surface area contributed by atoms with Crippen molar-refractivity contribution in [1.29, 1.82) is 0 Å². The molecule has 1 saturated heterocycles. The number of nitrogens with zero attached hydrogens (tertiary/aromatic N) is 2. The van der Waals surface area contributed by atoms with Gasteiger partial charge in [-0.15, -0.1) is 0 Å². The summed E-state index contributed by atoms with van der Waals surface area (Å²) in [6.45, 7) is 1.96. The number of para-hydroxylation sites is 2. The van der Waals surface area contributed by atoms with Gasteiger partial charge < -0.3 is 9.88 Å². The molecular weight excluding hydrogens is 214 g/mol. The second kappa shape index (κ2) is 4.30. The van der Waals surface area contributed by atoms with E-state index in [0.717, 1.165) is 37.0 Å². The Balaban J connectivity index is 2.19. The highest BCUT2D eigenvalue weighted by Crippen LogP contribution is 2.20. The van der Waals surface area contributed by atoms with Gasteiger partial charge >= 0.3 is 0 Å². The smallest absolute Gasteiger partial charge is 0.269 e. The quantitative estimate of drug-likeness (QED) is 0.802. The Kier molecular flexibility index (Phi) is 2.65. The molecule has 0 atom stereocenters. The highest BCUT2D eigenvalue weighted by atomic mass is 16.1. The number of hydrogen-bond donors (Lipinski definition) is 1. The third kappa shape index (κ3) is 1.85. The molecule has 1 aliphatic rings. The van der Waals surface area contributed by atoms with E-state index in [1.807, 2.05) is 28.8 Å². The minimum Gasteiger partial charge on any atom is -0.317 e. The molecule has 1 fully saturated rings. The summed E-state index contributed by atoms with van der Waals surface area (Å²) in [5.74, 6) is 0. The molecule has 4 heteroatoms. The summed E-state index contributed by atoms with van der Waals surface area (Å²) in [5, 5.41) is 3.32. The van der Waals surface area contributed by atoms with Crippen LogP contribution in [0.4, 0.5) is 0 Å². The molecule has 0 aliphatic carbocycles. The first kappa shape index (κ1) is 10.5. The number of piperidine rings is 1. The molecule has 0 amide bonds. The maximum atomic E-state index is 12.0. The molecule has 3 rings (SSSR count). The first-order valence-electron chi connectivity index (χ1n) is 6.03. The monoisotopic (exact) mass is 229 g/mol. The first-order valence-corrected chi connectivity index (χ1v) is 6.03. The molecular formula is C13H15N3O. The first-order chi connectivity index (χ1) is 8.36. The van der Waals surface area contributed by atoms with Crippen LogP contribution in [0.1, 0.15) is 18.9 Å². The van der Waals surface area contributed by atoms with Gasteiger partial charge in [0.2, 0.25) is 0 Å². The molecule has 2 heterocycles. The van der Waals surface area contributed by atoms with Crippen molar-refractivity contribution in [2.24, 2.45) is 0 Å². The molecule has 1 N–H and O–H groups in total. The second-order valence-corrected chi connectivity index (χ2v) is 4.44. The van der Waals surface area contributed by atoms with Crippen molar-refractivity contribution in [1.82, 2.24) is 14.9 Å². The highest BCUT2D eigenvalue weighted by molar-refractivity contribution is 5.74. The van der Waals surface area contributed by atoms with Gasteiger partial charge in [-0.1, -0.05) is 12.1 Å². The van der Waals surface area contributed by atoms with Gasteiger partial charge in [-0.05, 0) is 38.1 Å². The Bertz CT molecular complexity index is 584. The van der Waals surface area contributed by atoms with Crippen LogP contribution in [0.2, 0.25) is 0 Å². The fraction of sp³-hybridized carbons (Fsp3) is 0.385. The zero-order chi connectivity index (χ0) is 11.7. The average Bonchev–Trinajstić information content (AvgIpc) is 2.39. The summed E-state index contributed by atoms with van der Waals surface area (Å²) in [7, 11) is 0. The van der Waals surface area contributed by atoms with Gasteiger partial charge in [0.1, 0.15) is 0 Å². The predicted molar refractivity (Wildman–Crippen MR) is 67.1 cm³/mol. The van der Waals surface area contributed by atoms with E-state index >= 15 is 0 Å². The third-order valence-electron chi connectivity index (χ3n) is 3.37. The van der Waals surface area contributed by atoms with E-state index in [1.54, 1.807) is 0 Å². The van der Waals surface area contributed by atoms with E-state index in [0.29, 0.717) is 6.04 Å². The van der Waals surface area contributed by atoms with Gasteiger partial charge in [-0.25, -0.2) is 4.98 Å². The van der Waals surface area contributed by atoms with Gasteiger partial charge in [-0.2, -0.15) is 0 Å². The maximum absolute atomic E-state index is 12.0. The van der Waals surface area contributed by atoms with Crippen molar-refractivity contribution in [3.63, 3.8) is 0 Å². The standard InChI is InChI=1S/C13H15N3O/c17-13-9-15-11-3-1-2-4-12(11)16(13)10-5-7-14-8-6-10/h1-4,9-10,14H,5-8H2. The number of nitrogens with one attached hydrogen (secondary N) is 1. The fourth-order valence-electron chi connectivity index (χ4n) is 2.52. The van der Waals surface area contributed by atoms with Crippen LogP contribution in [0.5, 0.6) is 0 Å². The van der Waals surface area contributed by atoms with Crippen LogP contribution >= 0.6 is 0 Å². The van der Waals surface area contributed by atoms with Crippen LogP contribution in [0.3, 0.4) is 0 Å². The van der Waals surface area contributed by atoms with Crippen LogP contribution in [-0.4, -0.2) is 22.6 Å². The van der Waals surface area contributed by atoms with Crippen molar-refractivity contribution in [2.45, 2.75) is 18.9 Å². The molecule has 0 radical (unpaired) electrons. The predicted octanol–water partition coefficient (Wildman–Crippen LogP) is 1.32. The average molecular weight is 229 g/mol. The van der Waals surface area contributed by atoms with Crippen LogP contribution < -0.4 is 10.9 Å². The highest BCUT2D eigenvalue weighted by Gasteiger charge is 2.17. The van der Waals surface area contributed by atoms with E-state index < -0.39 is 0 Å². The lowest BCUT2D eigenvalue weighted by Gasteiger charge is -2.25. The molecule has 0 spiro atoms. The number of benzene rings is 1. The molecule has 0 unspecified atom stereocenters. The Morgan fingerprint density at radius 3 is 2.82 bits per heavy atom. The number of hydrogen-bond acceptors (Lipinski definition) is 3. The molecule has 0 saturated carbocycles. The SMILES string of the molecule is O=c1cnc2ccccc2n1C1CCNCC1. The molecule has 4 nitrogen and oxygen atoms in total. The number of aromatic nitrogens is 2. The molecule has 88 valence electrons. The van der Waals surface area contributed by atoms with E-state index in [1.165, 1.54) is 6.20 Å². The molecule has 1 aromatic carbocycles. The summed E-state index contributed by atoms with van der Waals surface area (Å²) in [4.78, 5) is 16.2. The van der Waals surface area contributed by atoms with Gasteiger partial charge in [-0.3, -0.25) is 4.79 Å². The molecule has 2 aromatic rings. The summed E-state index contributed by atoms with van der Waals surface area (Å²) >= 11 is 0. The summed E-state index contributed by atoms with van der Waals surface area (Å²) in [6, 6.07) is 8.14. The lowest BCUT2D eigenvalue weighted by Crippen LogP contribution is -2.34. The molecule has 1 aliphatic heterocycles. The number of rotatable bonds is 1. The summed E-state index contributed by atoms with van der Waals surface area (Å²) in [6.07, 6.45) is 3.45. The number of fused-ring (bicyclic) bond motifs is 1. The second-order valence-electron chi connectivity index (χ2n) is 4.44. The normalized spacial score (nSPS) is 17.4. The molecule has 1 aromatic heterocycles. The Labute approximate surface area is 99.3 Å². The third-order valence-corrected chi connectivity index (χ3v) is 3.37. The Morgan fingerprint density at radius 2 is 2.00 bits per heavy atom. The van der Waals surface area contributed by atoms with Crippen molar-refractivity contribution in [2.75, 3.05) is 13.1 Å². The zero-order valence-electron chi connectivity index (χ0n) is 9.60. The van der Waals surface area contributed by atoms with Crippen molar-refractivity contribution in [3.05, 3.63) is 40.8 Å².